The number of aliphatic hydroxyl groups excluding tert-OH is 1. The number of para-hydroxylation sites is 1. The number of halogens is 1. The fraction of sp³-hybridized carbons (Fsp3) is 0.167. The summed E-state index contributed by atoms with van der Waals surface area (Å²) in [7, 11) is 0. The number of carbonyl (C=O) groups is 1. The van der Waals surface area contributed by atoms with Crippen LogP contribution in [0.25, 0.3) is 11.1 Å². The summed E-state index contributed by atoms with van der Waals surface area (Å²) in [4.78, 5) is 15.0. The molecule has 0 spiro atoms. The first kappa shape index (κ1) is 23.6. The van der Waals surface area contributed by atoms with Crippen LogP contribution >= 0.6 is 0 Å². The third kappa shape index (κ3) is 4.55. The number of hydrogen-bond donors (Lipinski definition) is 3. The van der Waals surface area contributed by atoms with E-state index in [1.165, 1.54) is 12.1 Å². The molecule has 4 aromatic rings. The zero-order chi connectivity index (χ0) is 25.2. The number of nitrogens with zero attached hydrogens (tertiary/aromatic N) is 1. The van der Waals surface area contributed by atoms with Gasteiger partial charge in [0, 0.05) is 11.3 Å². The Morgan fingerprint density at radius 3 is 2.22 bits per heavy atom. The number of phenols is 2. The van der Waals surface area contributed by atoms with Crippen molar-refractivity contribution in [2.75, 3.05) is 4.90 Å². The van der Waals surface area contributed by atoms with Crippen LogP contribution in [0.1, 0.15) is 36.1 Å². The number of aliphatic hydroxyl groups is 1. The van der Waals surface area contributed by atoms with E-state index in [1.54, 1.807) is 47.4 Å². The largest absolute Gasteiger partial charge is 0.508 e. The Bertz CT molecular complexity index is 1360. The van der Waals surface area contributed by atoms with Gasteiger partial charge >= 0.3 is 0 Å². The number of phenolic OH excluding ortho intramolecular Hbond substituents is 2. The van der Waals surface area contributed by atoms with Crippen LogP contribution in [0.4, 0.5) is 10.1 Å². The molecule has 1 amide bonds. The van der Waals surface area contributed by atoms with Gasteiger partial charge in [0.25, 0.3) is 0 Å². The highest BCUT2D eigenvalue weighted by Crippen LogP contribution is 2.47. The second-order valence-corrected chi connectivity index (χ2v) is 9.06. The number of β-lactam (4-membered cyclic amide) rings is 1. The molecule has 6 heteroatoms. The van der Waals surface area contributed by atoms with Gasteiger partial charge in [-0.05, 0) is 72.0 Å². The van der Waals surface area contributed by atoms with Crippen LogP contribution in [-0.4, -0.2) is 21.2 Å². The molecule has 0 bridgehead atoms. The Kier molecular flexibility index (Phi) is 6.44. The zero-order valence-electron chi connectivity index (χ0n) is 19.5. The van der Waals surface area contributed by atoms with Crippen LogP contribution in [0.3, 0.4) is 0 Å². The smallest absolute Gasteiger partial charge is 0.233 e. The van der Waals surface area contributed by atoms with E-state index in [0.717, 1.165) is 16.8 Å². The monoisotopic (exact) mass is 483 g/mol. The average Bonchev–Trinajstić information content (AvgIpc) is 2.88. The van der Waals surface area contributed by atoms with Crippen LogP contribution < -0.4 is 4.90 Å². The summed E-state index contributed by atoms with van der Waals surface area (Å²) in [6, 6.07) is 26.8. The van der Waals surface area contributed by atoms with Crippen molar-refractivity contribution in [3.8, 4) is 22.6 Å². The lowest BCUT2D eigenvalue weighted by atomic mass is 9.78. The van der Waals surface area contributed by atoms with Crippen molar-refractivity contribution in [2.24, 2.45) is 5.92 Å². The van der Waals surface area contributed by atoms with E-state index >= 15 is 0 Å². The van der Waals surface area contributed by atoms with Gasteiger partial charge in [0.2, 0.25) is 5.91 Å². The molecule has 5 rings (SSSR count). The summed E-state index contributed by atoms with van der Waals surface area (Å²) >= 11 is 0. The maximum absolute atomic E-state index is 13.3. The quantitative estimate of drug-likeness (QED) is 0.277. The highest BCUT2D eigenvalue weighted by Gasteiger charge is 2.48. The molecule has 0 saturated carbocycles. The minimum atomic E-state index is -0.810. The molecule has 3 N–H and O–H groups in total. The number of carbonyl (C=O) groups excluding carboxylic acids is 1. The number of rotatable bonds is 7. The van der Waals surface area contributed by atoms with Crippen LogP contribution in [0.2, 0.25) is 0 Å². The Morgan fingerprint density at radius 1 is 0.861 bits per heavy atom. The van der Waals surface area contributed by atoms with Crippen LogP contribution in [0.15, 0.2) is 97.1 Å². The molecule has 1 aliphatic heterocycles. The van der Waals surface area contributed by atoms with Gasteiger partial charge in [-0.1, -0.05) is 54.6 Å². The molecule has 1 aliphatic rings. The summed E-state index contributed by atoms with van der Waals surface area (Å²) in [5.41, 5.74) is 3.56. The first-order valence-corrected chi connectivity index (χ1v) is 11.9. The first-order valence-electron chi connectivity index (χ1n) is 11.9. The predicted molar refractivity (Wildman–Crippen MR) is 136 cm³/mol. The Morgan fingerprint density at radius 2 is 1.56 bits per heavy atom. The predicted octanol–water partition coefficient (Wildman–Crippen LogP) is 6.12. The van der Waals surface area contributed by atoms with Gasteiger partial charge < -0.3 is 20.2 Å². The zero-order valence-corrected chi connectivity index (χ0v) is 19.5. The lowest BCUT2D eigenvalue weighted by Gasteiger charge is -2.48. The molecule has 5 nitrogen and oxygen atoms in total. The number of benzene rings is 4. The summed E-state index contributed by atoms with van der Waals surface area (Å²) < 4.78 is 13.2. The van der Waals surface area contributed by atoms with Crippen molar-refractivity contribution >= 4 is 11.6 Å². The van der Waals surface area contributed by atoms with E-state index in [2.05, 4.69) is 0 Å². The SMILES string of the molecule is O=C1[C@H](CC[C@H](O)c2ccc(F)cc2)[C@@H](c2ccc(-c3ccc(O)cc3)c(O)c2)N1c1ccccc1. The highest BCUT2D eigenvalue weighted by molar-refractivity contribution is 6.03. The lowest BCUT2D eigenvalue weighted by Crippen LogP contribution is -2.55. The van der Waals surface area contributed by atoms with Crippen LogP contribution in [-0.2, 0) is 4.79 Å². The van der Waals surface area contributed by atoms with Crippen molar-refractivity contribution in [1.29, 1.82) is 0 Å². The van der Waals surface area contributed by atoms with Gasteiger partial charge in [-0.2, -0.15) is 0 Å². The normalized spacial score (nSPS) is 18.1. The number of hydrogen-bond acceptors (Lipinski definition) is 4. The van der Waals surface area contributed by atoms with Gasteiger partial charge in [-0.25, -0.2) is 4.39 Å². The summed E-state index contributed by atoms with van der Waals surface area (Å²) in [6.07, 6.45) is -0.0278. The standard InChI is InChI=1S/C30H26FNO4/c31-22-11-6-20(7-12-22)27(34)17-16-26-29(32(30(26)36)23-4-2-1-3-5-23)21-10-15-25(28(35)18-21)19-8-13-24(33)14-9-19/h1-15,18,26-27,29,33-35H,16-17H2/t26-,27+,29-/m1/s1. The minimum Gasteiger partial charge on any atom is -0.508 e. The molecular weight excluding hydrogens is 457 g/mol. The molecule has 3 atom stereocenters. The van der Waals surface area contributed by atoms with E-state index in [0.29, 0.717) is 24.0 Å². The van der Waals surface area contributed by atoms with Crippen molar-refractivity contribution in [3.05, 3.63) is 114 Å². The van der Waals surface area contributed by atoms with E-state index < -0.39 is 6.10 Å². The summed E-state index contributed by atoms with van der Waals surface area (Å²) in [6.45, 7) is 0. The Labute approximate surface area is 208 Å². The van der Waals surface area contributed by atoms with Crippen molar-refractivity contribution < 1.29 is 24.5 Å². The maximum Gasteiger partial charge on any atom is 0.233 e. The molecule has 4 aromatic carbocycles. The van der Waals surface area contributed by atoms with Crippen molar-refractivity contribution in [3.63, 3.8) is 0 Å². The second kappa shape index (κ2) is 9.84. The van der Waals surface area contributed by atoms with Gasteiger partial charge in [-0.15, -0.1) is 0 Å². The fourth-order valence-electron chi connectivity index (χ4n) is 4.89. The Balaban J connectivity index is 1.42. The topological polar surface area (TPSA) is 81.0 Å². The van der Waals surface area contributed by atoms with Gasteiger partial charge in [-0.3, -0.25) is 4.79 Å². The molecular formula is C30H26FNO4. The third-order valence-electron chi connectivity index (χ3n) is 6.80. The second-order valence-electron chi connectivity index (χ2n) is 9.06. The molecule has 0 radical (unpaired) electrons. The van der Waals surface area contributed by atoms with Crippen LogP contribution in [0, 0.1) is 11.7 Å². The molecule has 182 valence electrons. The van der Waals surface area contributed by atoms with Crippen molar-refractivity contribution in [1.82, 2.24) is 0 Å². The minimum absolute atomic E-state index is 0.0420. The first-order chi connectivity index (χ1) is 17.4. The molecule has 1 fully saturated rings. The van der Waals surface area contributed by atoms with Gasteiger partial charge in [0.05, 0.1) is 18.1 Å². The molecule has 1 heterocycles. The van der Waals surface area contributed by atoms with Gasteiger partial charge in [0.15, 0.2) is 0 Å². The summed E-state index contributed by atoms with van der Waals surface area (Å²) in [5, 5.41) is 31.0. The van der Waals surface area contributed by atoms with Gasteiger partial charge in [0.1, 0.15) is 17.3 Å². The Hall–Kier alpha value is -4.16. The molecule has 36 heavy (non-hydrogen) atoms. The van der Waals surface area contributed by atoms with E-state index in [9.17, 15) is 24.5 Å². The number of anilines is 1. The number of aromatic hydroxyl groups is 2. The molecule has 1 saturated heterocycles. The molecule has 0 unspecified atom stereocenters. The fourth-order valence-corrected chi connectivity index (χ4v) is 4.89. The van der Waals surface area contributed by atoms with Crippen LogP contribution in [0.5, 0.6) is 11.5 Å². The van der Waals surface area contributed by atoms with E-state index in [4.69, 9.17) is 0 Å². The third-order valence-corrected chi connectivity index (χ3v) is 6.80. The molecule has 0 aromatic heterocycles. The maximum atomic E-state index is 13.3. The van der Waals surface area contributed by atoms with E-state index in [-0.39, 0.29) is 35.2 Å². The van der Waals surface area contributed by atoms with Crippen molar-refractivity contribution in [2.45, 2.75) is 25.0 Å². The highest BCUT2D eigenvalue weighted by atomic mass is 19.1. The molecule has 0 aliphatic carbocycles. The average molecular weight is 484 g/mol. The van der Waals surface area contributed by atoms with E-state index in [1.807, 2.05) is 42.5 Å². The summed E-state index contributed by atoms with van der Waals surface area (Å²) in [5.74, 6) is -0.560. The number of amides is 1. The lowest BCUT2D eigenvalue weighted by molar-refractivity contribution is -0.131.